The fourth-order valence-corrected chi connectivity index (χ4v) is 5.03. The highest BCUT2D eigenvalue weighted by Crippen LogP contribution is 2.44. The van der Waals surface area contributed by atoms with Gasteiger partial charge in [-0.3, -0.25) is 9.59 Å². The van der Waals surface area contributed by atoms with Crippen molar-refractivity contribution in [3.05, 3.63) is 105 Å². The van der Waals surface area contributed by atoms with Gasteiger partial charge in [-0.25, -0.2) is 4.39 Å². The molecule has 1 unspecified atom stereocenters. The second kappa shape index (κ2) is 11.4. The first kappa shape index (κ1) is 26.1. The second-order valence-corrected chi connectivity index (χ2v) is 9.75. The van der Waals surface area contributed by atoms with E-state index in [-0.39, 0.29) is 18.1 Å². The summed E-state index contributed by atoms with van der Waals surface area (Å²) in [6, 6.07) is 18.8. The van der Waals surface area contributed by atoms with Gasteiger partial charge in [0, 0.05) is 16.5 Å². The molecule has 8 heteroatoms. The van der Waals surface area contributed by atoms with Crippen molar-refractivity contribution in [1.82, 2.24) is 4.90 Å². The molecule has 1 fully saturated rings. The number of carbonyl (C=O) groups excluding carboxylic acids is 2. The summed E-state index contributed by atoms with van der Waals surface area (Å²) in [5.74, 6) is -1.31. The standard InChI is InChI=1S/C28H27Cl2FN2O3/c1-2-4-23(27(32)34)33-25(18-9-11-20(29)12-10-18)26(19-5-3-6-21(30)16-19)36-24(28(33)35)15-17-7-13-22(31)14-8-17/h3,5-14,16,23-26H,2,4,15H2,1H3,(H2,32,34)/t23?,24-,25+,26-/m1/s1. The Morgan fingerprint density at radius 1 is 1.03 bits per heavy atom. The molecule has 4 rings (SSSR count). The molecular weight excluding hydrogens is 502 g/mol. The van der Waals surface area contributed by atoms with E-state index in [2.05, 4.69) is 0 Å². The molecule has 0 spiro atoms. The molecule has 0 bridgehead atoms. The smallest absolute Gasteiger partial charge is 0.253 e. The van der Waals surface area contributed by atoms with E-state index in [1.54, 1.807) is 41.3 Å². The quantitative estimate of drug-likeness (QED) is 0.387. The topological polar surface area (TPSA) is 72.6 Å². The maximum absolute atomic E-state index is 14.0. The predicted octanol–water partition coefficient (Wildman–Crippen LogP) is 6.04. The highest BCUT2D eigenvalue weighted by atomic mass is 35.5. The van der Waals surface area contributed by atoms with Crippen molar-refractivity contribution in [3.63, 3.8) is 0 Å². The third-order valence-electron chi connectivity index (χ3n) is 6.38. The lowest BCUT2D eigenvalue weighted by molar-refractivity contribution is -0.181. The number of hydrogen-bond acceptors (Lipinski definition) is 3. The van der Waals surface area contributed by atoms with Gasteiger partial charge in [-0.1, -0.05) is 72.9 Å². The number of hydrogen-bond donors (Lipinski definition) is 1. The number of rotatable bonds is 8. The zero-order chi connectivity index (χ0) is 25.8. The van der Waals surface area contributed by atoms with Gasteiger partial charge in [0.25, 0.3) is 5.91 Å². The molecule has 0 radical (unpaired) electrons. The minimum atomic E-state index is -0.915. The monoisotopic (exact) mass is 528 g/mol. The van der Waals surface area contributed by atoms with Crippen LogP contribution in [-0.2, 0) is 20.7 Å². The van der Waals surface area contributed by atoms with Crippen LogP contribution < -0.4 is 5.73 Å². The average Bonchev–Trinajstić information content (AvgIpc) is 2.85. The van der Waals surface area contributed by atoms with Crippen LogP contribution in [0.25, 0.3) is 0 Å². The van der Waals surface area contributed by atoms with Gasteiger partial charge in [-0.2, -0.15) is 0 Å². The molecule has 4 atom stereocenters. The Balaban J connectivity index is 1.85. The number of carbonyl (C=O) groups is 2. The van der Waals surface area contributed by atoms with Crippen molar-refractivity contribution in [2.75, 3.05) is 0 Å². The summed E-state index contributed by atoms with van der Waals surface area (Å²) in [6.07, 6.45) is -0.307. The molecule has 5 nitrogen and oxygen atoms in total. The fraction of sp³-hybridized carbons (Fsp3) is 0.286. The molecule has 1 aliphatic heterocycles. The lowest BCUT2D eigenvalue weighted by atomic mass is 9.88. The van der Waals surface area contributed by atoms with Crippen LogP contribution in [-0.4, -0.2) is 28.9 Å². The van der Waals surface area contributed by atoms with Gasteiger partial charge in [-0.15, -0.1) is 0 Å². The number of morpholine rings is 1. The number of halogens is 3. The molecule has 1 aliphatic rings. The second-order valence-electron chi connectivity index (χ2n) is 8.88. The first-order chi connectivity index (χ1) is 17.3. The minimum Gasteiger partial charge on any atom is -0.368 e. The first-order valence-corrected chi connectivity index (χ1v) is 12.6. The Morgan fingerprint density at radius 2 is 1.72 bits per heavy atom. The van der Waals surface area contributed by atoms with Crippen LogP contribution in [0.5, 0.6) is 0 Å². The first-order valence-electron chi connectivity index (χ1n) is 11.8. The SMILES string of the molecule is CCCC(C(N)=O)N1C(=O)[C@@H](Cc2ccc(F)cc2)O[C@H](c2cccc(Cl)c2)[C@@H]1c1ccc(Cl)cc1. The number of amides is 2. The zero-order valence-corrected chi connectivity index (χ0v) is 21.3. The van der Waals surface area contributed by atoms with Crippen molar-refractivity contribution < 1.29 is 18.7 Å². The van der Waals surface area contributed by atoms with E-state index in [0.29, 0.717) is 22.9 Å². The van der Waals surface area contributed by atoms with Gasteiger partial charge >= 0.3 is 0 Å². The number of primary amides is 1. The van der Waals surface area contributed by atoms with Gasteiger partial charge in [0.15, 0.2) is 0 Å². The van der Waals surface area contributed by atoms with Crippen LogP contribution in [0, 0.1) is 5.82 Å². The van der Waals surface area contributed by atoms with Gasteiger partial charge in [0.1, 0.15) is 24.1 Å². The minimum absolute atomic E-state index is 0.206. The van der Waals surface area contributed by atoms with E-state index in [0.717, 1.165) is 16.7 Å². The number of nitrogens with two attached hydrogens (primary N) is 1. The van der Waals surface area contributed by atoms with Gasteiger partial charge in [0.05, 0.1) is 6.04 Å². The lowest BCUT2D eigenvalue weighted by Crippen LogP contribution is -2.58. The molecule has 36 heavy (non-hydrogen) atoms. The Hall–Kier alpha value is -2.93. The predicted molar refractivity (Wildman–Crippen MR) is 138 cm³/mol. The van der Waals surface area contributed by atoms with Crippen molar-refractivity contribution in [1.29, 1.82) is 0 Å². The molecule has 0 aliphatic carbocycles. The molecule has 1 heterocycles. The maximum Gasteiger partial charge on any atom is 0.253 e. The summed E-state index contributed by atoms with van der Waals surface area (Å²) in [5.41, 5.74) is 8.08. The van der Waals surface area contributed by atoms with E-state index in [9.17, 15) is 14.0 Å². The van der Waals surface area contributed by atoms with Crippen LogP contribution in [0.15, 0.2) is 72.8 Å². The highest BCUT2D eigenvalue weighted by molar-refractivity contribution is 6.30. The zero-order valence-electron chi connectivity index (χ0n) is 19.7. The Bertz CT molecular complexity index is 1220. The van der Waals surface area contributed by atoms with Crippen LogP contribution in [0.1, 0.15) is 48.6 Å². The van der Waals surface area contributed by atoms with Crippen LogP contribution in [0.2, 0.25) is 10.0 Å². The summed E-state index contributed by atoms with van der Waals surface area (Å²) >= 11 is 12.5. The molecule has 188 valence electrons. The number of benzene rings is 3. The van der Waals surface area contributed by atoms with Crippen molar-refractivity contribution in [2.45, 2.75) is 50.5 Å². The lowest BCUT2D eigenvalue weighted by Gasteiger charge is -2.47. The van der Waals surface area contributed by atoms with Crippen molar-refractivity contribution in [2.24, 2.45) is 5.73 Å². The highest BCUT2D eigenvalue weighted by Gasteiger charge is 2.47. The summed E-state index contributed by atoms with van der Waals surface area (Å²) in [6.45, 7) is 1.93. The fourth-order valence-electron chi connectivity index (χ4n) is 4.71. The molecule has 0 aromatic heterocycles. The van der Waals surface area contributed by atoms with E-state index < -0.39 is 30.2 Å². The van der Waals surface area contributed by atoms with E-state index in [1.165, 1.54) is 12.1 Å². The number of ether oxygens (including phenoxy) is 1. The molecular formula is C28H27Cl2FN2O3. The molecule has 2 amide bonds. The molecule has 1 saturated heterocycles. The maximum atomic E-state index is 14.0. The summed E-state index contributed by atoms with van der Waals surface area (Å²) in [5, 5.41) is 1.06. The molecule has 3 aromatic rings. The summed E-state index contributed by atoms with van der Waals surface area (Å²) < 4.78 is 20.0. The van der Waals surface area contributed by atoms with E-state index in [4.69, 9.17) is 33.7 Å². The third kappa shape index (κ3) is 5.72. The van der Waals surface area contributed by atoms with E-state index >= 15 is 0 Å². The largest absolute Gasteiger partial charge is 0.368 e. The molecule has 3 aromatic carbocycles. The van der Waals surface area contributed by atoms with E-state index in [1.807, 2.05) is 31.2 Å². The van der Waals surface area contributed by atoms with Crippen LogP contribution >= 0.6 is 23.2 Å². The summed E-state index contributed by atoms with van der Waals surface area (Å²) in [4.78, 5) is 28.2. The van der Waals surface area contributed by atoms with Gasteiger partial charge < -0.3 is 15.4 Å². The molecule has 0 saturated carbocycles. The Kier molecular flexibility index (Phi) is 8.29. The van der Waals surface area contributed by atoms with Crippen LogP contribution in [0.4, 0.5) is 4.39 Å². The van der Waals surface area contributed by atoms with Crippen LogP contribution in [0.3, 0.4) is 0 Å². The van der Waals surface area contributed by atoms with Crippen molar-refractivity contribution >= 4 is 35.0 Å². The van der Waals surface area contributed by atoms with Gasteiger partial charge in [-0.05, 0) is 59.5 Å². The normalized spacial score (nSPS) is 20.8. The Morgan fingerprint density at radius 3 is 2.33 bits per heavy atom. The molecule has 2 N–H and O–H groups in total. The Labute approximate surface area is 219 Å². The van der Waals surface area contributed by atoms with Gasteiger partial charge in [0.2, 0.25) is 5.91 Å². The van der Waals surface area contributed by atoms with Crippen molar-refractivity contribution in [3.8, 4) is 0 Å². The third-order valence-corrected chi connectivity index (χ3v) is 6.86. The number of nitrogens with zero attached hydrogens (tertiary/aromatic N) is 1. The average molecular weight is 529 g/mol. The summed E-state index contributed by atoms with van der Waals surface area (Å²) in [7, 11) is 0.